The first-order chi connectivity index (χ1) is 11.4. The molecule has 1 saturated heterocycles. The number of hydrogen-bond donors (Lipinski definition) is 1. The van der Waals surface area contributed by atoms with Crippen LogP contribution < -0.4 is 5.32 Å². The highest BCUT2D eigenvalue weighted by Gasteiger charge is 2.30. The lowest BCUT2D eigenvalue weighted by molar-refractivity contribution is 0.140. The maximum absolute atomic E-state index is 3.77. The lowest BCUT2D eigenvalue weighted by Crippen LogP contribution is -2.49. The maximum Gasteiger partial charge on any atom is 0.0208 e. The quantitative estimate of drug-likeness (QED) is 0.931. The van der Waals surface area contributed by atoms with Crippen molar-refractivity contribution in [3.63, 3.8) is 0 Å². The summed E-state index contributed by atoms with van der Waals surface area (Å²) in [6.45, 7) is 3.46. The van der Waals surface area contributed by atoms with Gasteiger partial charge >= 0.3 is 0 Å². The lowest BCUT2D eigenvalue weighted by Gasteiger charge is -2.37. The smallest absolute Gasteiger partial charge is 0.0208 e. The van der Waals surface area contributed by atoms with Crippen LogP contribution in [0.2, 0.25) is 0 Å². The molecule has 0 amide bonds. The van der Waals surface area contributed by atoms with E-state index in [1.165, 1.54) is 44.3 Å². The van der Waals surface area contributed by atoms with E-state index in [2.05, 4.69) is 64.8 Å². The summed E-state index contributed by atoms with van der Waals surface area (Å²) in [5.41, 5.74) is 4.52. The van der Waals surface area contributed by atoms with Crippen molar-refractivity contribution < 1.29 is 0 Å². The number of piperidine rings is 1. The molecule has 1 aliphatic heterocycles. The van der Waals surface area contributed by atoms with Gasteiger partial charge in [-0.2, -0.15) is 0 Å². The molecule has 1 atom stereocenters. The number of hydrogen-bond acceptors (Lipinski definition) is 2. The highest BCUT2D eigenvalue weighted by molar-refractivity contribution is 5.33. The van der Waals surface area contributed by atoms with Gasteiger partial charge in [0.15, 0.2) is 0 Å². The van der Waals surface area contributed by atoms with Crippen LogP contribution in [0.15, 0.2) is 54.6 Å². The highest BCUT2D eigenvalue weighted by atomic mass is 15.2. The monoisotopic (exact) mass is 306 g/mol. The predicted molar refractivity (Wildman–Crippen MR) is 95.5 cm³/mol. The molecule has 2 nitrogen and oxygen atoms in total. The third-order valence-electron chi connectivity index (χ3n) is 5.44. The molecule has 2 heteroatoms. The number of benzene rings is 2. The van der Waals surface area contributed by atoms with Gasteiger partial charge in [0.2, 0.25) is 0 Å². The van der Waals surface area contributed by atoms with Crippen LogP contribution >= 0.6 is 0 Å². The van der Waals surface area contributed by atoms with Crippen LogP contribution in [0, 0.1) is 0 Å². The highest BCUT2D eigenvalue weighted by Crippen LogP contribution is 2.27. The zero-order chi connectivity index (χ0) is 15.5. The fourth-order valence-electron chi connectivity index (χ4n) is 4.16. The summed E-state index contributed by atoms with van der Waals surface area (Å²) in [6, 6.07) is 21.1. The van der Waals surface area contributed by atoms with Crippen molar-refractivity contribution in [3.05, 3.63) is 71.3 Å². The molecule has 1 N–H and O–H groups in total. The first-order valence-electron chi connectivity index (χ1n) is 8.96. The van der Waals surface area contributed by atoms with E-state index in [-0.39, 0.29) is 0 Å². The van der Waals surface area contributed by atoms with Crippen LogP contribution in [0.5, 0.6) is 0 Å². The van der Waals surface area contributed by atoms with Crippen molar-refractivity contribution in [2.75, 3.05) is 13.1 Å². The summed E-state index contributed by atoms with van der Waals surface area (Å²) in [7, 11) is 0. The number of nitrogens with one attached hydrogen (secondary N) is 1. The number of fused-ring (bicyclic) bond motifs is 1. The van der Waals surface area contributed by atoms with Crippen molar-refractivity contribution >= 4 is 0 Å². The topological polar surface area (TPSA) is 15.3 Å². The minimum Gasteiger partial charge on any atom is -0.309 e. The van der Waals surface area contributed by atoms with E-state index >= 15 is 0 Å². The molecule has 1 unspecified atom stereocenters. The summed E-state index contributed by atoms with van der Waals surface area (Å²) in [6.07, 6.45) is 5.10. The number of rotatable bonds is 4. The summed E-state index contributed by atoms with van der Waals surface area (Å²) < 4.78 is 0. The zero-order valence-corrected chi connectivity index (χ0v) is 13.7. The van der Waals surface area contributed by atoms with Crippen molar-refractivity contribution in [3.8, 4) is 0 Å². The van der Waals surface area contributed by atoms with Gasteiger partial charge in [0.05, 0.1) is 0 Å². The fourth-order valence-corrected chi connectivity index (χ4v) is 4.16. The molecular weight excluding hydrogens is 280 g/mol. The maximum atomic E-state index is 3.77. The molecule has 4 rings (SSSR count). The molecule has 1 aliphatic carbocycles. The van der Waals surface area contributed by atoms with Crippen LogP contribution in [-0.4, -0.2) is 30.1 Å². The van der Waals surface area contributed by atoms with E-state index < -0.39 is 0 Å². The average molecular weight is 306 g/mol. The molecule has 2 aliphatic rings. The molecule has 120 valence electrons. The molecule has 2 aromatic rings. The second-order valence-corrected chi connectivity index (χ2v) is 7.03. The summed E-state index contributed by atoms with van der Waals surface area (Å²) in [4.78, 5) is 2.73. The minimum atomic E-state index is 0.632. The van der Waals surface area contributed by atoms with Gasteiger partial charge in [-0.05, 0) is 48.9 Å². The normalized spacial score (nSPS) is 22.2. The minimum absolute atomic E-state index is 0.632. The Morgan fingerprint density at radius 1 is 0.913 bits per heavy atom. The van der Waals surface area contributed by atoms with Gasteiger partial charge in [0, 0.05) is 25.2 Å². The Bertz CT molecular complexity index is 612. The van der Waals surface area contributed by atoms with E-state index in [0.29, 0.717) is 12.1 Å². The first-order valence-corrected chi connectivity index (χ1v) is 8.96. The van der Waals surface area contributed by atoms with E-state index in [1.54, 1.807) is 11.1 Å². The SMILES string of the molecule is c1ccc(CNC2CCCN(C3Cc4ccccc4C3)C2)cc1. The standard InChI is InChI=1S/C21H26N2/c1-2-7-17(8-3-1)15-22-20-11-6-12-23(16-20)21-13-18-9-4-5-10-19(18)14-21/h1-5,7-10,20-22H,6,11-16H2. The van der Waals surface area contributed by atoms with Gasteiger partial charge in [-0.25, -0.2) is 0 Å². The molecule has 0 saturated carbocycles. The summed E-state index contributed by atoms with van der Waals surface area (Å²) in [5, 5.41) is 3.77. The van der Waals surface area contributed by atoms with E-state index in [4.69, 9.17) is 0 Å². The van der Waals surface area contributed by atoms with Gasteiger partial charge in [0.25, 0.3) is 0 Å². The molecule has 0 spiro atoms. The second kappa shape index (κ2) is 6.86. The van der Waals surface area contributed by atoms with Crippen LogP contribution in [0.3, 0.4) is 0 Å². The Hall–Kier alpha value is -1.64. The van der Waals surface area contributed by atoms with E-state index in [9.17, 15) is 0 Å². The van der Waals surface area contributed by atoms with Gasteiger partial charge in [0.1, 0.15) is 0 Å². The molecule has 1 fully saturated rings. The molecular formula is C21H26N2. The van der Waals surface area contributed by atoms with E-state index in [0.717, 1.165) is 6.54 Å². The second-order valence-electron chi connectivity index (χ2n) is 7.03. The zero-order valence-electron chi connectivity index (χ0n) is 13.7. The molecule has 0 bridgehead atoms. The van der Waals surface area contributed by atoms with Crippen LogP contribution in [0.4, 0.5) is 0 Å². The fraction of sp³-hybridized carbons (Fsp3) is 0.429. The Morgan fingerprint density at radius 3 is 2.35 bits per heavy atom. The Labute approximate surface area is 139 Å². The van der Waals surface area contributed by atoms with Crippen molar-refractivity contribution in [1.82, 2.24) is 10.2 Å². The third kappa shape index (κ3) is 3.49. The van der Waals surface area contributed by atoms with Gasteiger partial charge < -0.3 is 5.32 Å². The Balaban J connectivity index is 1.33. The van der Waals surface area contributed by atoms with Crippen molar-refractivity contribution in [1.29, 1.82) is 0 Å². The molecule has 0 radical (unpaired) electrons. The first kappa shape index (κ1) is 14.9. The predicted octanol–water partition coefficient (Wildman–Crippen LogP) is 3.41. The van der Waals surface area contributed by atoms with E-state index in [1.807, 2.05) is 0 Å². The number of likely N-dealkylation sites (tertiary alicyclic amines) is 1. The van der Waals surface area contributed by atoms with Gasteiger partial charge in [-0.3, -0.25) is 4.90 Å². The number of nitrogens with zero attached hydrogens (tertiary/aromatic N) is 1. The Kier molecular flexibility index (Phi) is 4.45. The lowest BCUT2D eigenvalue weighted by atomic mass is 10.0. The molecule has 23 heavy (non-hydrogen) atoms. The van der Waals surface area contributed by atoms with Crippen LogP contribution in [0.1, 0.15) is 29.5 Å². The van der Waals surface area contributed by atoms with Crippen molar-refractivity contribution in [2.24, 2.45) is 0 Å². The van der Waals surface area contributed by atoms with Crippen LogP contribution in [-0.2, 0) is 19.4 Å². The third-order valence-corrected chi connectivity index (χ3v) is 5.44. The Morgan fingerprint density at radius 2 is 1.61 bits per heavy atom. The average Bonchev–Trinajstić information content (AvgIpc) is 3.05. The van der Waals surface area contributed by atoms with Crippen LogP contribution in [0.25, 0.3) is 0 Å². The largest absolute Gasteiger partial charge is 0.309 e. The van der Waals surface area contributed by atoms with Gasteiger partial charge in [-0.1, -0.05) is 54.6 Å². The summed E-state index contributed by atoms with van der Waals surface area (Å²) >= 11 is 0. The van der Waals surface area contributed by atoms with Crippen molar-refractivity contribution in [2.45, 2.75) is 44.3 Å². The summed E-state index contributed by atoms with van der Waals surface area (Å²) in [5.74, 6) is 0. The molecule has 0 aromatic heterocycles. The molecule has 1 heterocycles. The van der Waals surface area contributed by atoms with Gasteiger partial charge in [-0.15, -0.1) is 0 Å². The molecule has 2 aromatic carbocycles.